The summed E-state index contributed by atoms with van der Waals surface area (Å²) in [5.41, 5.74) is 4.96. The van der Waals surface area contributed by atoms with E-state index in [1.54, 1.807) is 25.1 Å². The molecule has 37 heavy (non-hydrogen) atoms. The van der Waals surface area contributed by atoms with Crippen molar-refractivity contribution in [3.63, 3.8) is 0 Å². The van der Waals surface area contributed by atoms with Crippen LogP contribution in [0.15, 0.2) is 91.0 Å². The highest BCUT2D eigenvalue weighted by Crippen LogP contribution is 2.28. The van der Waals surface area contributed by atoms with Crippen molar-refractivity contribution < 1.29 is 23.8 Å². The standard InChI is InChI=1S/C32H30O5/c1-6-7-24-8-10-25(11-9-24)12-13-28-20-27(16-19-30(28)37-31(33)22(2)3)26-14-17-29(18-15-26)36-32(34)23(4)21-35-5/h8-11,14-20H,2,4,6-7,21H2,1,3,5H3. The summed E-state index contributed by atoms with van der Waals surface area (Å²) in [5, 5.41) is 0. The number of ether oxygens (including phenoxy) is 3. The summed E-state index contributed by atoms with van der Waals surface area (Å²) >= 11 is 0. The first-order valence-electron chi connectivity index (χ1n) is 11.9. The maximum absolute atomic E-state index is 12.2. The van der Waals surface area contributed by atoms with E-state index >= 15 is 0 Å². The van der Waals surface area contributed by atoms with E-state index in [4.69, 9.17) is 14.2 Å². The Morgan fingerprint density at radius 2 is 1.51 bits per heavy atom. The summed E-state index contributed by atoms with van der Waals surface area (Å²) < 4.78 is 15.8. The molecule has 0 N–H and O–H groups in total. The smallest absolute Gasteiger partial charge is 0.341 e. The number of aryl methyl sites for hydroxylation is 1. The molecule has 0 bridgehead atoms. The first-order valence-corrected chi connectivity index (χ1v) is 11.9. The average molecular weight is 495 g/mol. The molecule has 0 spiro atoms. The third kappa shape index (κ3) is 7.79. The van der Waals surface area contributed by atoms with Gasteiger partial charge in [0.15, 0.2) is 0 Å². The first-order chi connectivity index (χ1) is 17.8. The molecule has 188 valence electrons. The van der Waals surface area contributed by atoms with Gasteiger partial charge in [0.05, 0.1) is 17.7 Å². The zero-order valence-electron chi connectivity index (χ0n) is 21.4. The Hall–Kier alpha value is -4.40. The number of hydrogen-bond donors (Lipinski definition) is 0. The molecule has 0 atom stereocenters. The van der Waals surface area contributed by atoms with Gasteiger partial charge in [0.1, 0.15) is 11.5 Å². The summed E-state index contributed by atoms with van der Waals surface area (Å²) in [7, 11) is 1.49. The molecule has 5 nitrogen and oxygen atoms in total. The molecule has 5 heteroatoms. The second-order valence-electron chi connectivity index (χ2n) is 8.53. The summed E-state index contributed by atoms with van der Waals surface area (Å²) in [6.45, 7) is 11.2. The molecular formula is C32H30O5. The summed E-state index contributed by atoms with van der Waals surface area (Å²) in [4.78, 5) is 24.2. The highest BCUT2D eigenvalue weighted by atomic mass is 16.5. The van der Waals surface area contributed by atoms with Crippen molar-refractivity contribution in [1.29, 1.82) is 0 Å². The number of methoxy groups -OCH3 is 1. The van der Waals surface area contributed by atoms with Crippen LogP contribution in [0.1, 0.15) is 37.0 Å². The molecular weight excluding hydrogens is 464 g/mol. The normalized spacial score (nSPS) is 10.1. The lowest BCUT2D eigenvalue weighted by atomic mass is 10.0. The van der Waals surface area contributed by atoms with Gasteiger partial charge in [0, 0.05) is 18.2 Å². The third-order valence-electron chi connectivity index (χ3n) is 5.37. The van der Waals surface area contributed by atoms with Crippen LogP contribution in [0.2, 0.25) is 0 Å². The molecule has 0 heterocycles. The second-order valence-corrected chi connectivity index (χ2v) is 8.53. The van der Waals surface area contributed by atoms with Crippen LogP contribution in [0.3, 0.4) is 0 Å². The molecule has 0 aliphatic rings. The van der Waals surface area contributed by atoms with Crippen LogP contribution in [0, 0.1) is 11.8 Å². The van der Waals surface area contributed by atoms with Gasteiger partial charge in [0.25, 0.3) is 0 Å². The van der Waals surface area contributed by atoms with Crippen LogP contribution >= 0.6 is 0 Å². The predicted octanol–water partition coefficient (Wildman–Crippen LogP) is 6.30. The molecule has 0 aromatic heterocycles. The average Bonchev–Trinajstić information content (AvgIpc) is 2.89. The van der Waals surface area contributed by atoms with Gasteiger partial charge in [-0.2, -0.15) is 0 Å². The van der Waals surface area contributed by atoms with Gasteiger partial charge in [-0.3, -0.25) is 0 Å². The van der Waals surface area contributed by atoms with E-state index in [0.717, 1.165) is 29.5 Å². The summed E-state index contributed by atoms with van der Waals surface area (Å²) in [5.74, 6) is 6.01. The molecule has 3 aromatic rings. The van der Waals surface area contributed by atoms with Crippen molar-refractivity contribution in [3.8, 4) is 34.5 Å². The van der Waals surface area contributed by atoms with E-state index < -0.39 is 11.9 Å². The van der Waals surface area contributed by atoms with Crippen molar-refractivity contribution in [1.82, 2.24) is 0 Å². The lowest BCUT2D eigenvalue weighted by Gasteiger charge is -2.10. The van der Waals surface area contributed by atoms with Crippen molar-refractivity contribution in [3.05, 3.63) is 108 Å². The molecule has 0 radical (unpaired) electrons. The van der Waals surface area contributed by atoms with E-state index in [-0.39, 0.29) is 12.2 Å². The highest BCUT2D eigenvalue weighted by Gasteiger charge is 2.12. The van der Waals surface area contributed by atoms with Crippen LogP contribution < -0.4 is 9.47 Å². The lowest BCUT2D eigenvalue weighted by Crippen LogP contribution is -2.13. The van der Waals surface area contributed by atoms with Gasteiger partial charge in [0.2, 0.25) is 0 Å². The van der Waals surface area contributed by atoms with E-state index in [1.165, 1.54) is 12.7 Å². The van der Waals surface area contributed by atoms with Gasteiger partial charge in [-0.15, -0.1) is 0 Å². The molecule has 0 aliphatic carbocycles. The van der Waals surface area contributed by atoms with Crippen LogP contribution in [0.25, 0.3) is 11.1 Å². The molecule has 0 saturated heterocycles. The number of carbonyl (C=O) groups excluding carboxylic acids is 2. The minimum atomic E-state index is -0.543. The number of benzene rings is 3. The van der Waals surface area contributed by atoms with Crippen LogP contribution in [0.4, 0.5) is 0 Å². The fourth-order valence-corrected chi connectivity index (χ4v) is 3.39. The zero-order chi connectivity index (χ0) is 26.8. The maximum atomic E-state index is 12.2. The Bertz CT molecular complexity index is 1350. The van der Waals surface area contributed by atoms with Crippen molar-refractivity contribution in [2.75, 3.05) is 13.7 Å². The number of carbonyl (C=O) groups is 2. The van der Waals surface area contributed by atoms with E-state index in [0.29, 0.717) is 22.6 Å². The SMILES string of the molecule is C=C(C)C(=O)Oc1ccc(-c2ccc(OC(=O)C(=C)COC)cc2)cc1C#Cc1ccc(CCC)cc1. The van der Waals surface area contributed by atoms with Gasteiger partial charge in [-0.25, -0.2) is 9.59 Å². The van der Waals surface area contributed by atoms with Crippen LogP contribution in [-0.2, 0) is 20.7 Å². The van der Waals surface area contributed by atoms with Gasteiger partial charge in [-0.1, -0.05) is 68.7 Å². The monoisotopic (exact) mass is 494 g/mol. The lowest BCUT2D eigenvalue weighted by molar-refractivity contribution is -0.131. The van der Waals surface area contributed by atoms with Gasteiger partial charge >= 0.3 is 11.9 Å². The topological polar surface area (TPSA) is 61.8 Å². The minimum absolute atomic E-state index is 0.103. The molecule has 0 unspecified atom stereocenters. The zero-order valence-corrected chi connectivity index (χ0v) is 21.4. The highest BCUT2D eigenvalue weighted by molar-refractivity contribution is 5.90. The molecule has 0 fully saturated rings. The molecule has 0 saturated carbocycles. The summed E-state index contributed by atoms with van der Waals surface area (Å²) in [6, 6.07) is 20.6. The second kappa shape index (κ2) is 13.1. The van der Waals surface area contributed by atoms with Crippen molar-refractivity contribution >= 4 is 11.9 Å². The molecule has 3 rings (SSSR count). The number of hydrogen-bond acceptors (Lipinski definition) is 5. The molecule has 0 amide bonds. The maximum Gasteiger partial charge on any atom is 0.341 e. The van der Waals surface area contributed by atoms with Gasteiger partial charge in [-0.05, 0) is 66.4 Å². The predicted molar refractivity (Wildman–Crippen MR) is 145 cm³/mol. The summed E-state index contributed by atoms with van der Waals surface area (Å²) in [6.07, 6.45) is 2.11. The van der Waals surface area contributed by atoms with Crippen molar-refractivity contribution in [2.24, 2.45) is 0 Å². The Morgan fingerprint density at radius 3 is 2.14 bits per heavy atom. The quantitative estimate of drug-likeness (QED) is 0.151. The number of rotatable bonds is 9. The first kappa shape index (κ1) is 27.2. The van der Waals surface area contributed by atoms with E-state index in [2.05, 4.69) is 44.1 Å². The van der Waals surface area contributed by atoms with Gasteiger partial charge < -0.3 is 14.2 Å². The van der Waals surface area contributed by atoms with Crippen LogP contribution in [0.5, 0.6) is 11.5 Å². The minimum Gasteiger partial charge on any atom is -0.423 e. The van der Waals surface area contributed by atoms with Crippen molar-refractivity contribution in [2.45, 2.75) is 26.7 Å². The molecule has 0 aliphatic heterocycles. The third-order valence-corrected chi connectivity index (χ3v) is 5.37. The van der Waals surface area contributed by atoms with E-state index in [1.807, 2.05) is 36.4 Å². The Kier molecular flexibility index (Phi) is 9.60. The number of esters is 2. The largest absolute Gasteiger partial charge is 0.423 e. The fraction of sp³-hybridized carbons (Fsp3) is 0.188. The molecule has 3 aromatic carbocycles. The Labute approximate surface area is 218 Å². The fourth-order valence-electron chi connectivity index (χ4n) is 3.39. The van der Waals surface area contributed by atoms with E-state index in [9.17, 15) is 9.59 Å². The van der Waals surface area contributed by atoms with Crippen LogP contribution in [-0.4, -0.2) is 25.7 Å². The Morgan fingerprint density at radius 1 is 0.838 bits per heavy atom. The Balaban J connectivity index is 1.89.